The summed E-state index contributed by atoms with van der Waals surface area (Å²) < 4.78 is 13.5. The number of fused-ring (bicyclic) bond motifs is 2. The normalized spacial score (nSPS) is 30.3. The highest BCUT2D eigenvalue weighted by Gasteiger charge is 2.39. The minimum Gasteiger partial charge on any atom is -0.349 e. The van der Waals surface area contributed by atoms with Gasteiger partial charge in [-0.2, -0.15) is 0 Å². The van der Waals surface area contributed by atoms with Crippen molar-refractivity contribution in [2.75, 3.05) is 0 Å². The van der Waals surface area contributed by atoms with E-state index >= 15 is 0 Å². The van der Waals surface area contributed by atoms with Gasteiger partial charge in [0.15, 0.2) is 0 Å². The number of carbonyl (C=O) groups excluding carboxylic acids is 1. The second-order valence-corrected chi connectivity index (χ2v) is 6.70. The summed E-state index contributed by atoms with van der Waals surface area (Å²) in [5.74, 6) is 0.443. The van der Waals surface area contributed by atoms with Crippen LogP contribution < -0.4 is 11.1 Å². The molecule has 0 aliphatic heterocycles. The summed E-state index contributed by atoms with van der Waals surface area (Å²) in [6.07, 6.45) is 5.48. The van der Waals surface area contributed by atoms with E-state index in [0.717, 1.165) is 31.2 Å². The highest BCUT2D eigenvalue weighted by molar-refractivity contribution is 5.94. The van der Waals surface area contributed by atoms with Crippen LogP contribution in [0.4, 0.5) is 4.39 Å². The van der Waals surface area contributed by atoms with Crippen molar-refractivity contribution in [3.63, 3.8) is 0 Å². The van der Waals surface area contributed by atoms with Crippen molar-refractivity contribution in [2.45, 2.75) is 51.1 Å². The number of amides is 1. The molecular weight excluding hydrogens is 303 g/mol. The molecule has 2 unspecified atom stereocenters. The number of nitrogens with two attached hydrogens (primary N) is 1. The average molecular weight is 327 g/mol. The van der Waals surface area contributed by atoms with Crippen molar-refractivity contribution < 1.29 is 9.18 Å². The first-order chi connectivity index (χ1) is 10.0. The van der Waals surface area contributed by atoms with Gasteiger partial charge in [-0.05, 0) is 68.2 Å². The minimum atomic E-state index is -0.356. The molecule has 0 saturated heterocycles. The van der Waals surface area contributed by atoms with Gasteiger partial charge in [0.05, 0.1) is 0 Å². The molecule has 1 aromatic rings. The topological polar surface area (TPSA) is 55.1 Å². The molecule has 0 radical (unpaired) electrons. The van der Waals surface area contributed by atoms with Gasteiger partial charge < -0.3 is 11.1 Å². The van der Waals surface area contributed by atoms with Gasteiger partial charge in [-0.3, -0.25) is 4.79 Å². The Hall–Kier alpha value is -1.13. The summed E-state index contributed by atoms with van der Waals surface area (Å²) in [5.41, 5.74) is 7.29. The molecule has 1 aromatic carbocycles. The van der Waals surface area contributed by atoms with Crippen molar-refractivity contribution in [1.29, 1.82) is 0 Å². The largest absolute Gasteiger partial charge is 0.349 e. The zero-order valence-electron chi connectivity index (χ0n) is 12.8. The molecule has 0 heterocycles. The van der Waals surface area contributed by atoms with E-state index in [4.69, 9.17) is 5.73 Å². The highest BCUT2D eigenvalue weighted by atomic mass is 35.5. The number of aryl methyl sites for hydroxylation is 1. The predicted molar refractivity (Wildman–Crippen MR) is 87.7 cm³/mol. The third-order valence-corrected chi connectivity index (χ3v) is 4.98. The Morgan fingerprint density at radius 1 is 1.23 bits per heavy atom. The third-order valence-electron chi connectivity index (χ3n) is 4.98. The molecule has 2 aliphatic carbocycles. The van der Waals surface area contributed by atoms with Crippen molar-refractivity contribution >= 4 is 18.3 Å². The lowest BCUT2D eigenvalue weighted by Crippen LogP contribution is -2.53. The Morgan fingerprint density at radius 3 is 2.45 bits per heavy atom. The molecule has 2 bridgehead atoms. The third kappa shape index (κ3) is 3.61. The van der Waals surface area contributed by atoms with Gasteiger partial charge in [0.25, 0.3) is 5.91 Å². The van der Waals surface area contributed by atoms with E-state index in [9.17, 15) is 9.18 Å². The van der Waals surface area contributed by atoms with E-state index in [1.807, 2.05) is 0 Å². The second-order valence-electron chi connectivity index (χ2n) is 6.70. The van der Waals surface area contributed by atoms with Crippen LogP contribution in [-0.2, 0) is 0 Å². The van der Waals surface area contributed by atoms with Gasteiger partial charge in [-0.1, -0.05) is 6.42 Å². The molecule has 2 atom stereocenters. The maximum Gasteiger partial charge on any atom is 0.251 e. The molecule has 22 heavy (non-hydrogen) atoms. The Labute approximate surface area is 137 Å². The molecule has 2 aliphatic rings. The molecule has 3 nitrogen and oxygen atoms in total. The van der Waals surface area contributed by atoms with Crippen LogP contribution in [0.2, 0.25) is 0 Å². The summed E-state index contributed by atoms with van der Waals surface area (Å²) in [7, 11) is 0. The van der Waals surface area contributed by atoms with Crippen LogP contribution in [0.25, 0.3) is 0 Å². The zero-order valence-corrected chi connectivity index (χ0v) is 13.7. The lowest BCUT2D eigenvalue weighted by Gasteiger charge is -2.45. The number of carbonyl (C=O) groups is 1. The first-order valence-corrected chi connectivity index (χ1v) is 7.86. The number of hydrogen-bond acceptors (Lipinski definition) is 2. The fraction of sp³-hybridized carbons (Fsp3) is 0.588. The molecule has 1 amide bonds. The molecule has 3 rings (SSSR count). The van der Waals surface area contributed by atoms with E-state index in [1.165, 1.54) is 18.6 Å². The van der Waals surface area contributed by atoms with Crippen LogP contribution in [-0.4, -0.2) is 18.0 Å². The van der Waals surface area contributed by atoms with Crippen molar-refractivity contribution in [2.24, 2.45) is 17.6 Å². The maximum atomic E-state index is 13.5. The summed E-state index contributed by atoms with van der Waals surface area (Å²) in [4.78, 5) is 12.4. The molecule has 0 spiro atoms. The quantitative estimate of drug-likeness (QED) is 0.877. The molecule has 3 N–H and O–H groups in total. The van der Waals surface area contributed by atoms with E-state index in [0.29, 0.717) is 17.4 Å². The van der Waals surface area contributed by atoms with Gasteiger partial charge in [0.1, 0.15) is 5.82 Å². The van der Waals surface area contributed by atoms with E-state index in [1.54, 1.807) is 13.0 Å². The van der Waals surface area contributed by atoms with Crippen molar-refractivity contribution in [3.8, 4) is 0 Å². The second kappa shape index (κ2) is 6.97. The Kier molecular flexibility index (Phi) is 5.45. The van der Waals surface area contributed by atoms with Crippen LogP contribution in [0.5, 0.6) is 0 Å². The number of halogens is 2. The van der Waals surface area contributed by atoms with E-state index in [2.05, 4.69) is 5.32 Å². The average Bonchev–Trinajstić information content (AvgIpc) is 2.38. The monoisotopic (exact) mass is 326 g/mol. The van der Waals surface area contributed by atoms with Gasteiger partial charge in [0, 0.05) is 17.6 Å². The number of benzene rings is 1. The van der Waals surface area contributed by atoms with Gasteiger partial charge in [0.2, 0.25) is 0 Å². The molecule has 122 valence electrons. The number of nitrogens with one attached hydrogen (secondary N) is 1. The van der Waals surface area contributed by atoms with Gasteiger partial charge >= 0.3 is 0 Å². The van der Waals surface area contributed by atoms with Gasteiger partial charge in [-0.25, -0.2) is 4.39 Å². The Balaban J connectivity index is 0.00000176. The number of rotatable bonds is 2. The maximum absolute atomic E-state index is 13.5. The first-order valence-electron chi connectivity index (χ1n) is 7.86. The first kappa shape index (κ1) is 17.2. The molecular formula is C17H24ClFN2O. The number of hydrogen-bond donors (Lipinski definition) is 2. The Morgan fingerprint density at radius 2 is 1.86 bits per heavy atom. The van der Waals surface area contributed by atoms with Crippen LogP contribution >= 0.6 is 12.4 Å². The standard InChI is InChI=1S/C17H23FN2O.ClH/c1-10-5-13(7-14(18)6-10)17(21)20-16-11-3-2-4-12(16)9-15(19)8-11;/h5-7,11-12,15-16H,2-4,8-9,19H2,1H3,(H,20,21);1H. The van der Waals surface area contributed by atoms with E-state index in [-0.39, 0.29) is 36.2 Å². The smallest absolute Gasteiger partial charge is 0.251 e. The minimum absolute atomic E-state index is 0. The molecule has 2 saturated carbocycles. The SMILES string of the molecule is Cc1cc(F)cc(C(=O)NC2C3CCCC2CC(N)C3)c1.Cl. The van der Waals surface area contributed by atoms with Crippen LogP contribution in [0.15, 0.2) is 18.2 Å². The zero-order chi connectivity index (χ0) is 15.0. The summed E-state index contributed by atoms with van der Waals surface area (Å²) in [6.45, 7) is 1.80. The van der Waals surface area contributed by atoms with E-state index < -0.39 is 0 Å². The fourth-order valence-corrected chi connectivity index (χ4v) is 4.13. The lowest BCUT2D eigenvalue weighted by molar-refractivity contribution is 0.0755. The van der Waals surface area contributed by atoms with Crippen LogP contribution in [0.3, 0.4) is 0 Å². The molecule has 2 fully saturated rings. The van der Waals surface area contributed by atoms with Crippen LogP contribution in [0.1, 0.15) is 48.0 Å². The van der Waals surface area contributed by atoms with Crippen molar-refractivity contribution in [3.05, 3.63) is 35.1 Å². The summed E-state index contributed by atoms with van der Waals surface area (Å²) in [5, 5.41) is 3.15. The van der Waals surface area contributed by atoms with Gasteiger partial charge in [-0.15, -0.1) is 12.4 Å². The summed E-state index contributed by atoms with van der Waals surface area (Å²) in [6, 6.07) is 4.96. The Bertz CT molecular complexity index is 517. The lowest BCUT2D eigenvalue weighted by atomic mass is 9.67. The van der Waals surface area contributed by atoms with Crippen molar-refractivity contribution in [1.82, 2.24) is 5.32 Å². The highest BCUT2D eigenvalue weighted by Crippen LogP contribution is 2.39. The summed E-state index contributed by atoms with van der Waals surface area (Å²) >= 11 is 0. The predicted octanol–water partition coefficient (Wildman–Crippen LogP) is 3.19. The van der Waals surface area contributed by atoms with Crippen LogP contribution in [0, 0.1) is 24.6 Å². The molecule has 0 aromatic heterocycles. The fourth-order valence-electron chi connectivity index (χ4n) is 4.13. The molecule has 5 heteroatoms.